The molecular formula is C23H24N2O. The fourth-order valence-electron chi connectivity index (χ4n) is 3.81. The lowest BCUT2D eigenvalue weighted by Gasteiger charge is -2.30. The first-order valence-electron chi connectivity index (χ1n) is 9.30. The molecule has 0 N–H and O–H groups in total. The largest absolute Gasteiger partial charge is 0.354 e. The molecule has 1 aliphatic rings. The summed E-state index contributed by atoms with van der Waals surface area (Å²) in [7, 11) is 0. The molecule has 0 saturated carbocycles. The topological polar surface area (TPSA) is 25.2 Å². The zero-order chi connectivity index (χ0) is 17.8. The van der Waals surface area contributed by atoms with Crippen LogP contribution in [0.4, 0.5) is 0 Å². The molecule has 0 fully saturated rings. The number of carbonyl (C=O) groups excluding carboxylic acids is 1. The van der Waals surface area contributed by atoms with Gasteiger partial charge < -0.3 is 9.47 Å². The Morgan fingerprint density at radius 2 is 1.58 bits per heavy atom. The van der Waals surface area contributed by atoms with Crippen molar-refractivity contribution in [2.75, 3.05) is 6.54 Å². The Hall–Kier alpha value is -2.81. The lowest BCUT2D eigenvalue weighted by molar-refractivity contribution is -0.132. The van der Waals surface area contributed by atoms with E-state index in [0.717, 1.165) is 26.1 Å². The summed E-state index contributed by atoms with van der Waals surface area (Å²) in [6, 6.07) is 22.9. The third kappa shape index (κ3) is 3.72. The number of fused-ring (bicyclic) bond motifs is 1. The number of hydrogen-bond donors (Lipinski definition) is 0. The van der Waals surface area contributed by atoms with Crippen LogP contribution in [0, 0.1) is 0 Å². The maximum atomic E-state index is 13.0. The average Bonchev–Trinajstić information content (AvgIpc) is 3.21. The Morgan fingerprint density at radius 3 is 2.35 bits per heavy atom. The van der Waals surface area contributed by atoms with E-state index in [4.69, 9.17) is 0 Å². The van der Waals surface area contributed by atoms with E-state index >= 15 is 0 Å². The van der Waals surface area contributed by atoms with Crippen molar-refractivity contribution in [3.8, 4) is 0 Å². The molecule has 132 valence electrons. The molecule has 1 atom stereocenters. The molecule has 2 aromatic carbocycles. The van der Waals surface area contributed by atoms with Crippen molar-refractivity contribution >= 4 is 5.91 Å². The minimum absolute atomic E-state index is 0.188. The molecule has 4 rings (SSSR count). The van der Waals surface area contributed by atoms with Crippen molar-refractivity contribution < 1.29 is 4.79 Å². The van der Waals surface area contributed by atoms with E-state index in [1.807, 2.05) is 23.1 Å². The Bertz CT molecular complexity index is 855. The van der Waals surface area contributed by atoms with Crippen LogP contribution in [0.25, 0.3) is 0 Å². The predicted octanol–water partition coefficient (Wildman–Crippen LogP) is 4.25. The van der Waals surface area contributed by atoms with Gasteiger partial charge in [0, 0.05) is 44.4 Å². The van der Waals surface area contributed by atoms with Crippen LogP contribution in [-0.4, -0.2) is 21.9 Å². The molecule has 1 aromatic heterocycles. The first-order chi connectivity index (χ1) is 12.8. The van der Waals surface area contributed by atoms with Crippen LogP contribution in [-0.2, 0) is 24.3 Å². The summed E-state index contributed by atoms with van der Waals surface area (Å²) in [5.41, 5.74) is 3.89. The molecule has 3 nitrogen and oxygen atoms in total. The number of hydrogen-bond acceptors (Lipinski definition) is 1. The van der Waals surface area contributed by atoms with Gasteiger partial charge in [0.25, 0.3) is 0 Å². The summed E-state index contributed by atoms with van der Waals surface area (Å²) in [6.45, 7) is 2.38. The summed E-state index contributed by atoms with van der Waals surface area (Å²) in [6.07, 6.45) is 5.63. The van der Waals surface area contributed by atoms with Gasteiger partial charge in [0.1, 0.15) is 0 Å². The molecule has 2 heterocycles. The second kappa shape index (κ2) is 7.61. The maximum Gasteiger partial charge on any atom is 0.223 e. The van der Waals surface area contributed by atoms with Gasteiger partial charge in [0.2, 0.25) is 5.91 Å². The fraction of sp³-hybridized carbons (Fsp3) is 0.261. The highest BCUT2D eigenvalue weighted by molar-refractivity contribution is 5.77. The highest BCUT2D eigenvalue weighted by atomic mass is 16.2. The molecule has 3 heteroatoms. The van der Waals surface area contributed by atoms with Crippen molar-refractivity contribution in [2.45, 2.75) is 31.8 Å². The van der Waals surface area contributed by atoms with Crippen LogP contribution < -0.4 is 0 Å². The lowest BCUT2D eigenvalue weighted by Crippen LogP contribution is -2.36. The molecule has 0 radical (unpaired) electrons. The number of amides is 1. The molecule has 0 saturated heterocycles. The second-order valence-electron chi connectivity index (χ2n) is 7.03. The van der Waals surface area contributed by atoms with Gasteiger partial charge in [-0.3, -0.25) is 4.79 Å². The molecule has 26 heavy (non-hydrogen) atoms. The van der Waals surface area contributed by atoms with Gasteiger partial charge in [0.15, 0.2) is 0 Å². The number of benzene rings is 2. The van der Waals surface area contributed by atoms with Crippen LogP contribution in [0.2, 0.25) is 0 Å². The van der Waals surface area contributed by atoms with Gasteiger partial charge in [-0.15, -0.1) is 0 Å². The predicted molar refractivity (Wildman–Crippen MR) is 104 cm³/mol. The Kier molecular flexibility index (Phi) is 4.87. The lowest BCUT2D eigenvalue weighted by atomic mass is 9.93. The normalized spacial score (nSPS) is 14.7. The van der Waals surface area contributed by atoms with Crippen molar-refractivity contribution in [1.82, 2.24) is 9.47 Å². The standard InChI is InChI=1S/C23H24N2O/c26-23(25-15-12-20-10-4-5-11-21(20)18-25)16-22(17-24-13-6-7-14-24)19-8-2-1-3-9-19/h1-11,13-14,22H,12,15-18H2. The summed E-state index contributed by atoms with van der Waals surface area (Å²) in [4.78, 5) is 15.1. The van der Waals surface area contributed by atoms with Crippen molar-refractivity contribution in [3.05, 3.63) is 95.8 Å². The number of aromatic nitrogens is 1. The Labute approximate surface area is 154 Å². The van der Waals surface area contributed by atoms with Crippen LogP contribution in [0.5, 0.6) is 0 Å². The van der Waals surface area contributed by atoms with E-state index in [9.17, 15) is 4.79 Å². The first-order valence-corrected chi connectivity index (χ1v) is 9.30. The molecule has 0 bridgehead atoms. The summed E-state index contributed by atoms with van der Waals surface area (Å²) in [5, 5.41) is 0. The molecule has 1 aliphatic heterocycles. The molecule has 1 amide bonds. The van der Waals surface area contributed by atoms with E-state index < -0.39 is 0 Å². The minimum Gasteiger partial charge on any atom is -0.354 e. The number of rotatable bonds is 5. The van der Waals surface area contributed by atoms with Gasteiger partial charge in [-0.2, -0.15) is 0 Å². The SMILES string of the molecule is O=C(CC(Cn1cccc1)c1ccccc1)N1CCc2ccccc2C1. The minimum atomic E-state index is 0.188. The second-order valence-corrected chi connectivity index (χ2v) is 7.03. The van der Waals surface area contributed by atoms with Gasteiger partial charge >= 0.3 is 0 Å². The number of carbonyl (C=O) groups is 1. The smallest absolute Gasteiger partial charge is 0.223 e. The quantitative estimate of drug-likeness (QED) is 0.679. The van der Waals surface area contributed by atoms with Crippen LogP contribution in [0.3, 0.4) is 0 Å². The van der Waals surface area contributed by atoms with E-state index in [0.29, 0.717) is 6.42 Å². The third-order valence-corrected chi connectivity index (χ3v) is 5.27. The monoisotopic (exact) mass is 344 g/mol. The molecular weight excluding hydrogens is 320 g/mol. The van der Waals surface area contributed by atoms with Crippen LogP contribution >= 0.6 is 0 Å². The van der Waals surface area contributed by atoms with Crippen molar-refractivity contribution in [1.29, 1.82) is 0 Å². The molecule has 0 aliphatic carbocycles. The Balaban J connectivity index is 1.49. The van der Waals surface area contributed by atoms with Crippen molar-refractivity contribution in [2.24, 2.45) is 0 Å². The van der Waals surface area contributed by atoms with Crippen LogP contribution in [0.1, 0.15) is 29.0 Å². The summed E-state index contributed by atoms with van der Waals surface area (Å²) in [5.74, 6) is 0.439. The molecule has 3 aromatic rings. The van der Waals surface area contributed by atoms with Gasteiger partial charge in [-0.25, -0.2) is 0 Å². The van der Waals surface area contributed by atoms with E-state index in [1.54, 1.807) is 0 Å². The zero-order valence-electron chi connectivity index (χ0n) is 14.9. The van der Waals surface area contributed by atoms with Crippen molar-refractivity contribution in [3.63, 3.8) is 0 Å². The van der Waals surface area contributed by atoms with Gasteiger partial charge in [-0.05, 0) is 35.2 Å². The van der Waals surface area contributed by atoms with E-state index in [1.165, 1.54) is 16.7 Å². The number of nitrogens with zero attached hydrogens (tertiary/aromatic N) is 2. The van der Waals surface area contributed by atoms with E-state index in [2.05, 4.69) is 65.5 Å². The maximum absolute atomic E-state index is 13.0. The summed E-state index contributed by atoms with van der Waals surface area (Å²) < 4.78 is 2.16. The van der Waals surface area contributed by atoms with Gasteiger partial charge in [-0.1, -0.05) is 54.6 Å². The highest BCUT2D eigenvalue weighted by Crippen LogP contribution is 2.25. The van der Waals surface area contributed by atoms with Gasteiger partial charge in [0.05, 0.1) is 0 Å². The first kappa shape index (κ1) is 16.6. The zero-order valence-corrected chi connectivity index (χ0v) is 14.9. The average molecular weight is 344 g/mol. The molecule has 0 spiro atoms. The highest BCUT2D eigenvalue weighted by Gasteiger charge is 2.24. The fourth-order valence-corrected chi connectivity index (χ4v) is 3.81. The molecule has 1 unspecified atom stereocenters. The summed E-state index contributed by atoms with van der Waals surface area (Å²) >= 11 is 0. The third-order valence-electron chi connectivity index (χ3n) is 5.27. The Morgan fingerprint density at radius 1 is 0.885 bits per heavy atom. The van der Waals surface area contributed by atoms with Crippen LogP contribution in [0.15, 0.2) is 79.1 Å². The van der Waals surface area contributed by atoms with E-state index in [-0.39, 0.29) is 11.8 Å².